The van der Waals surface area contributed by atoms with E-state index in [4.69, 9.17) is 5.73 Å². The molecule has 2 aromatic rings. The Hall–Kier alpha value is -1.85. The van der Waals surface area contributed by atoms with E-state index in [0.29, 0.717) is 12.2 Å². The van der Waals surface area contributed by atoms with Crippen LogP contribution in [0.25, 0.3) is 0 Å². The Morgan fingerprint density at radius 1 is 1.00 bits per heavy atom. The van der Waals surface area contributed by atoms with Gasteiger partial charge in [0.1, 0.15) is 0 Å². The van der Waals surface area contributed by atoms with Crippen molar-refractivity contribution < 1.29 is 8.42 Å². The molecule has 21 heavy (non-hydrogen) atoms. The fraction of sp³-hybridized carbons (Fsp3) is 0.250. The van der Waals surface area contributed by atoms with Crippen LogP contribution in [-0.2, 0) is 28.7 Å². The lowest BCUT2D eigenvalue weighted by Gasteiger charge is -2.11. The Bertz CT molecular complexity index is 694. The molecule has 0 aliphatic heterocycles. The van der Waals surface area contributed by atoms with Crippen molar-refractivity contribution in [1.29, 1.82) is 0 Å². The number of anilines is 1. The first kappa shape index (κ1) is 15.5. The molecule has 2 rings (SSSR count). The van der Waals surface area contributed by atoms with Crippen molar-refractivity contribution in [3.05, 3.63) is 65.2 Å². The summed E-state index contributed by atoms with van der Waals surface area (Å²) in [7, 11) is -3.42. The van der Waals surface area contributed by atoms with Crippen LogP contribution in [0.4, 0.5) is 5.69 Å². The van der Waals surface area contributed by atoms with Crippen LogP contribution in [0.15, 0.2) is 48.5 Å². The van der Waals surface area contributed by atoms with E-state index in [2.05, 4.69) is 4.72 Å². The summed E-state index contributed by atoms with van der Waals surface area (Å²) in [6.45, 7) is 2.45. The van der Waals surface area contributed by atoms with Crippen molar-refractivity contribution in [1.82, 2.24) is 0 Å². The van der Waals surface area contributed by atoms with E-state index >= 15 is 0 Å². The highest BCUT2D eigenvalue weighted by atomic mass is 32.2. The SMILES string of the molecule is CCc1ccccc1NS(=O)(=O)Cc1ccc(CN)cc1. The van der Waals surface area contributed by atoms with Crippen LogP contribution in [0.5, 0.6) is 0 Å². The monoisotopic (exact) mass is 304 g/mol. The molecular weight excluding hydrogens is 284 g/mol. The van der Waals surface area contributed by atoms with Crippen LogP contribution in [-0.4, -0.2) is 8.42 Å². The van der Waals surface area contributed by atoms with Crippen LogP contribution in [0.1, 0.15) is 23.6 Å². The van der Waals surface area contributed by atoms with Gasteiger partial charge in [-0.05, 0) is 29.2 Å². The average molecular weight is 304 g/mol. The highest BCUT2D eigenvalue weighted by Crippen LogP contribution is 2.18. The largest absolute Gasteiger partial charge is 0.326 e. The van der Waals surface area contributed by atoms with E-state index in [0.717, 1.165) is 23.1 Å². The van der Waals surface area contributed by atoms with Crippen LogP contribution >= 0.6 is 0 Å². The lowest BCUT2D eigenvalue weighted by atomic mass is 10.1. The molecule has 0 saturated heterocycles. The van der Waals surface area contributed by atoms with Crippen LogP contribution in [0, 0.1) is 0 Å². The van der Waals surface area contributed by atoms with Crippen molar-refractivity contribution >= 4 is 15.7 Å². The Morgan fingerprint density at radius 2 is 1.62 bits per heavy atom. The van der Waals surface area contributed by atoms with E-state index in [9.17, 15) is 8.42 Å². The van der Waals surface area contributed by atoms with Crippen LogP contribution in [0.2, 0.25) is 0 Å². The number of rotatable bonds is 6. The zero-order chi connectivity index (χ0) is 15.3. The molecule has 0 saturated carbocycles. The molecule has 2 aromatic carbocycles. The van der Waals surface area contributed by atoms with Gasteiger partial charge in [-0.25, -0.2) is 8.42 Å². The standard InChI is InChI=1S/C16H20N2O2S/c1-2-15-5-3-4-6-16(15)18-21(19,20)12-14-9-7-13(11-17)8-10-14/h3-10,18H,2,11-12,17H2,1H3. The highest BCUT2D eigenvalue weighted by Gasteiger charge is 2.13. The molecule has 5 heteroatoms. The second-order valence-electron chi connectivity index (χ2n) is 4.89. The molecule has 0 amide bonds. The second-order valence-corrected chi connectivity index (χ2v) is 6.61. The van der Waals surface area contributed by atoms with Gasteiger partial charge in [-0.1, -0.05) is 49.4 Å². The van der Waals surface area contributed by atoms with Crippen molar-refractivity contribution in [2.45, 2.75) is 25.6 Å². The quantitative estimate of drug-likeness (QED) is 0.861. The lowest BCUT2D eigenvalue weighted by Crippen LogP contribution is -2.16. The third-order valence-electron chi connectivity index (χ3n) is 3.28. The Balaban J connectivity index is 2.14. The van der Waals surface area contributed by atoms with E-state index in [-0.39, 0.29) is 5.75 Å². The van der Waals surface area contributed by atoms with Gasteiger partial charge in [0.15, 0.2) is 0 Å². The van der Waals surface area contributed by atoms with Crippen LogP contribution in [0.3, 0.4) is 0 Å². The summed E-state index contributed by atoms with van der Waals surface area (Å²) in [6, 6.07) is 14.7. The summed E-state index contributed by atoms with van der Waals surface area (Å²) >= 11 is 0. The molecule has 0 aliphatic carbocycles. The molecule has 0 heterocycles. The second kappa shape index (κ2) is 6.74. The summed E-state index contributed by atoms with van der Waals surface area (Å²) in [6.07, 6.45) is 0.782. The Morgan fingerprint density at radius 3 is 2.24 bits per heavy atom. The van der Waals surface area contributed by atoms with E-state index in [1.54, 1.807) is 18.2 Å². The van der Waals surface area contributed by atoms with Crippen molar-refractivity contribution in [2.75, 3.05) is 4.72 Å². The van der Waals surface area contributed by atoms with Crippen molar-refractivity contribution in [3.8, 4) is 0 Å². The molecular formula is C16H20N2O2S. The van der Waals surface area contributed by atoms with Gasteiger partial charge < -0.3 is 5.73 Å². The third-order valence-corrected chi connectivity index (χ3v) is 4.52. The maximum absolute atomic E-state index is 12.3. The minimum atomic E-state index is -3.42. The predicted molar refractivity (Wildman–Crippen MR) is 86.4 cm³/mol. The number of sulfonamides is 1. The van der Waals surface area contributed by atoms with Gasteiger partial charge in [0, 0.05) is 6.54 Å². The van der Waals surface area contributed by atoms with Gasteiger partial charge in [0.05, 0.1) is 11.4 Å². The number of hydrogen-bond donors (Lipinski definition) is 2. The number of nitrogens with two attached hydrogens (primary N) is 1. The number of benzene rings is 2. The topological polar surface area (TPSA) is 72.2 Å². The summed E-state index contributed by atoms with van der Waals surface area (Å²) in [4.78, 5) is 0. The maximum atomic E-state index is 12.3. The van der Waals surface area contributed by atoms with Gasteiger partial charge in [-0.2, -0.15) is 0 Å². The highest BCUT2D eigenvalue weighted by molar-refractivity contribution is 7.91. The molecule has 0 bridgehead atoms. The van der Waals surface area contributed by atoms with Gasteiger partial charge in [0.2, 0.25) is 10.0 Å². The summed E-state index contributed by atoms with van der Waals surface area (Å²) in [5, 5.41) is 0. The van der Waals surface area contributed by atoms with Gasteiger partial charge in [-0.3, -0.25) is 4.72 Å². The normalized spacial score (nSPS) is 11.3. The van der Waals surface area contributed by atoms with Crippen LogP contribution < -0.4 is 10.5 Å². The lowest BCUT2D eigenvalue weighted by molar-refractivity contribution is 0.600. The minimum Gasteiger partial charge on any atom is -0.326 e. The maximum Gasteiger partial charge on any atom is 0.236 e. The first-order chi connectivity index (χ1) is 10.0. The molecule has 0 aromatic heterocycles. The Kier molecular flexibility index (Phi) is 4.98. The zero-order valence-corrected chi connectivity index (χ0v) is 12.9. The molecule has 112 valence electrons. The molecule has 0 unspecified atom stereocenters. The fourth-order valence-electron chi connectivity index (χ4n) is 2.12. The number of para-hydroxylation sites is 1. The average Bonchev–Trinajstić information content (AvgIpc) is 2.47. The van der Waals surface area contributed by atoms with Gasteiger partial charge in [-0.15, -0.1) is 0 Å². The molecule has 4 nitrogen and oxygen atoms in total. The summed E-state index contributed by atoms with van der Waals surface area (Å²) in [5.41, 5.74) is 8.90. The number of aryl methyl sites for hydroxylation is 1. The minimum absolute atomic E-state index is 0.0457. The third kappa shape index (κ3) is 4.31. The number of hydrogen-bond acceptors (Lipinski definition) is 3. The van der Waals surface area contributed by atoms with Crippen molar-refractivity contribution in [2.24, 2.45) is 5.73 Å². The summed E-state index contributed by atoms with van der Waals surface area (Å²) < 4.78 is 27.2. The van der Waals surface area contributed by atoms with Gasteiger partial charge in [0.25, 0.3) is 0 Å². The molecule has 0 atom stereocenters. The van der Waals surface area contributed by atoms with E-state index < -0.39 is 10.0 Å². The zero-order valence-electron chi connectivity index (χ0n) is 12.0. The molecule has 0 radical (unpaired) electrons. The van der Waals surface area contributed by atoms with Crippen molar-refractivity contribution in [3.63, 3.8) is 0 Å². The van der Waals surface area contributed by atoms with Gasteiger partial charge >= 0.3 is 0 Å². The summed E-state index contributed by atoms with van der Waals surface area (Å²) in [5.74, 6) is -0.0457. The first-order valence-electron chi connectivity index (χ1n) is 6.90. The first-order valence-corrected chi connectivity index (χ1v) is 8.55. The van der Waals surface area contributed by atoms with E-state index in [1.807, 2.05) is 37.3 Å². The number of nitrogens with one attached hydrogen (secondary N) is 1. The molecule has 3 N–H and O–H groups in total. The smallest absolute Gasteiger partial charge is 0.236 e. The Labute approximate surface area is 126 Å². The molecule has 0 spiro atoms. The molecule has 0 aliphatic rings. The predicted octanol–water partition coefficient (Wildman–Crippen LogP) is 2.65. The van der Waals surface area contributed by atoms with E-state index in [1.165, 1.54) is 0 Å². The molecule has 0 fully saturated rings. The fourth-order valence-corrected chi connectivity index (χ4v) is 3.36.